The number of hydrogen-bond acceptors (Lipinski definition) is 3. The Morgan fingerprint density at radius 2 is 2.12 bits per heavy atom. The number of H-pyrrole nitrogens is 1. The van der Waals surface area contributed by atoms with E-state index in [2.05, 4.69) is 9.97 Å². The molecule has 1 aromatic heterocycles. The lowest BCUT2D eigenvalue weighted by Crippen LogP contribution is -2.14. The Bertz CT molecular complexity index is 573. The summed E-state index contributed by atoms with van der Waals surface area (Å²) in [5, 5.41) is 0.939. The fraction of sp³-hybridized carbons (Fsp3) is 0.333. The molecule has 1 N–H and O–H groups in total. The van der Waals surface area contributed by atoms with Crippen LogP contribution < -0.4 is 10.4 Å². The molecule has 0 fully saturated rings. The van der Waals surface area contributed by atoms with Crippen LogP contribution in [0, 0.1) is 0 Å². The molecule has 1 heterocycles. The molecule has 0 unspecified atom stereocenters. The van der Waals surface area contributed by atoms with Gasteiger partial charge in [-0.2, -0.15) is 4.98 Å². The number of para-hydroxylation sites is 1. The van der Waals surface area contributed by atoms with Gasteiger partial charge in [0.1, 0.15) is 11.3 Å². The third kappa shape index (κ3) is 1.66. The minimum absolute atomic E-state index is 0.241. The lowest BCUT2D eigenvalue weighted by molar-refractivity contribution is 0.418. The zero-order valence-electron chi connectivity index (χ0n) is 9.57. The molecule has 16 heavy (non-hydrogen) atoms. The van der Waals surface area contributed by atoms with Gasteiger partial charge in [-0.3, -0.25) is 0 Å². The summed E-state index contributed by atoms with van der Waals surface area (Å²) in [6, 6.07) is 5.64. The molecule has 0 aliphatic rings. The topological polar surface area (TPSA) is 55.0 Å². The molecule has 2 rings (SSSR count). The molecule has 0 saturated carbocycles. The number of ether oxygens (including phenoxy) is 1. The van der Waals surface area contributed by atoms with Crippen molar-refractivity contribution in [2.75, 3.05) is 7.11 Å². The van der Waals surface area contributed by atoms with Crippen LogP contribution in [0.1, 0.15) is 25.5 Å². The van der Waals surface area contributed by atoms with Gasteiger partial charge in [0, 0.05) is 11.1 Å². The van der Waals surface area contributed by atoms with Gasteiger partial charge in [-0.25, -0.2) is 4.79 Å². The second-order valence-corrected chi connectivity index (χ2v) is 3.97. The highest BCUT2D eigenvalue weighted by atomic mass is 16.5. The number of methoxy groups -OCH3 is 1. The van der Waals surface area contributed by atoms with Gasteiger partial charge < -0.3 is 9.72 Å². The van der Waals surface area contributed by atoms with E-state index in [1.807, 2.05) is 26.0 Å². The molecular weight excluding hydrogens is 204 g/mol. The smallest absolute Gasteiger partial charge is 0.345 e. The van der Waals surface area contributed by atoms with Crippen LogP contribution in [0.5, 0.6) is 5.75 Å². The average molecular weight is 218 g/mol. The first-order chi connectivity index (χ1) is 7.63. The summed E-state index contributed by atoms with van der Waals surface area (Å²) in [5.74, 6) is 0.871. The van der Waals surface area contributed by atoms with Gasteiger partial charge in [-0.1, -0.05) is 26.0 Å². The second-order valence-electron chi connectivity index (χ2n) is 3.97. The number of hydrogen-bond donors (Lipinski definition) is 1. The fourth-order valence-electron chi connectivity index (χ4n) is 1.79. The van der Waals surface area contributed by atoms with Crippen LogP contribution in [0.25, 0.3) is 10.9 Å². The van der Waals surface area contributed by atoms with Crippen molar-refractivity contribution >= 4 is 10.9 Å². The van der Waals surface area contributed by atoms with Gasteiger partial charge in [-0.05, 0) is 12.0 Å². The monoisotopic (exact) mass is 218 g/mol. The zero-order valence-corrected chi connectivity index (χ0v) is 9.57. The van der Waals surface area contributed by atoms with Crippen molar-refractivity contribution in [3.63, 3.8) is 0 Å². The molecule has 84 valence electrons. The number of aromatic amines is 1. The molecule has 1 aromatic carbocycles. The summed E-state index contributed by atoms with van der Waals surface area (Å²) in [7, 11) is 1.58. The van der Waals surface area contributed by atoms with E-state index in [-0.39, 0.29) is 11.6 Å². The van der Waals surface area contributed by atoms with Gasteiger partial charge >= 0.3 is 5.69 Å². The van der Waals surface area contributed by atoms with Crippen LogP contribution in [0.15, 0.2) is 23.0 Å². The van der Waals surface area contributed by atoms with Gasteiger partial charge in [-0.15, -0.1) is 0 Å². The summed E-state index contributed by atoms with van der Waals surface area (Å²) in [6.07, 6.45) is 0. The molecule has 0 aliphatic heterocycles. The fourth-order valence-corrected chi connectivity index (χ4v) is 1.79. The predicted molar refractivity (Wildman–Crippen MR) is 63.0 cm³/mol. The van der Waals surface area contributed by atoms with Gasteiger partial charge in [0.05, 0.1) is 7.11 Å². The lowest BCUT2D eigenvalue weighted by Gasteiger charge is -2.10. The normalized spacial score (nSPS) is 11.0. The van der Waals surface area contributed by atoms with E-state index < -0.39 is 0 Å². The molecule has 0 atom stereocenters. The Hall–Kier alpha value is -1.84. The summed E-state index contributed by atoms with van der Waals surface area (Å²) in [5.41, 5.74) is 1.19. The SMILES string of the molecule is COc1cccc2c(C(C)C)[nH]c(=O)nc12. The van der Waals surface area contributed by atoms with Crippen LogP contribution in [-0.4, -0.2) is 17.1 Å². The number of fused-ring (bicyclic) bond motifs is 1. The number of nitrogens with zero attached hydrogens (tertiary/aromatic N) is 1. The molecular formula is C12H14N2O2. The third-order valence-electron chi connectivity index (χ3n) is 2.54. The lowest BCUT2D eigenvalue weighted by atomic mass is 10.0. The summed E-state index contributed by atoms with van der Waals surface area (Å²) >= 11 is 0. The standard InChI is InChI=1S/C12H14N2O2/c1-7(2)10-8-5-4-6-9(16-3)11(8)14-12(15)13-10/h4-7H,1-3H3,(H,13,14,15). The van der Waals surface area contributed by atoms with Gasteiger partial charge in [0.2, 0.25) is 0 Å². The van der Waals surface area contributed by atoms with Gasteiger partial charge in [0.15, 0.2) is 0 Å². The van der Waals surface area contributed by atoms with Crippen LogP contribution in [-0.2, 0) is 0 Å². The highest BCUT2D eigenvalue weighted by molar-refractivity contribution is 5.86. The predicted octanol–water partition coefficient (Wildman–Crippen LogP) is 2.06. The number of rotatable bonds is 2. The van der Waals surface area contributed by atoms with Crippen molar-refractivity contribution in [1.82, 2.24) is 9.97 Å². The Morgan fingerprint density at radius 1 is 1.38 bits per heavy atom. The van der Waals surface area contributed by atoms with Crippen molar-refractivity contribution in [2.24, 2.45) is 0 Å². The summed E-state index contributed by atoms with van der Waals surface area (Å²) in [6.45, 7) is 4.06. The molecule has 0 radical (unpaired) electrons. The molecule has 0 amide bonds. The average Bonchev–Trinajstić information content (AvgIpc) is 2.27. The first-order valence-electron chi connectivity index (χ1n) is 5.20. The van der Waals surface area contributed by atoms with Crippen LogP contribution in [0.2, 0.25) is 0 Å². The molecule has 0 aliphatic carbocycles. The Morgan fingerprint density at radius 3 is 2.75 bits per heavy atom. The van der Waals surface area contributed by atoms with Crippen molar-refractivity contribution in [2.45, 2.75) is 19.8 Å². The van der Waals surface area contributed by atoms with Crippen molar-refractivity contribution < 1.29 is 4.74 Å². The van der Waals surface area contributed by atoms with Crippen LogP contribution in [0.4, 0.5) is 0 Å². The third-order valence-corrected chi connectivity index (χ3v) is 2.54. The van der Waals surface area contributed by atoms with Crippen molar-refractivity contribution in [1.29, 1.82) is 0 Å². The Labute approximate surface area is 93.3 Å². The highest BCUT2D eigenvalue weighted by Crippen LogP contribution is 2.26. The van der Waals surface area contributed by atoms with E-state index in [1.54, 1.807) is 13.2 Å². The summed E-state index contributed by atoms with van der Waals surface area (Å²) < 4.78 is 5.20. The quantitative estimate of drug-likeness (QED) is 0.839. The van der Waals surface area contributed by atoms with Crippen molar-refractivity contribution in [3.8, 4) is 5.75 Å². The minimum Gasteiger partial charge on any atom is -0.494 e. The van der Waals surface area contributed by atoms with E-state index >= 15 is 0 Å². The van der Waals surface area contributed by atoms with E-state index in [0.717, 1.165) is 11.1 Å². The maximum Gasteiger partial charge on any atom is 0.345 e. The Balaban J connectivity index is 2.88. The maximum atomic E-state index is 11.5. The van der Waals surface area contributed by atoms with E-state index in [1.165, 1.54) is 0 Å². The molecule has 0 spiro atoms. The largest absolute Gasteiger partial charge is 0.494 e. The van der Waals surface area contributed by atoms with Gasteiger partial charge in [0.25, 0.3) is 0 Å². The molecule has 4 heteroatoms. The first kappa shape index (κ1) is 10.7. The number of aromatic nitrogens is 2. The van der Waals surface area contributed by atoms with Crippen molar-refractivity contribution in [3.05, 3.63) is 34.4 Å². The van der Waals surface area contributed by atoms with E-state index in [0.29, 0.717) is 11.3 Å². The highest BCUT2D eigenvalue weighted by Gasteiger charge is 2.11. The Kier molecular flexibility index (Phi) is 2.64. The van der Waals surface area contributed by atoms with Crippen LogP contribution in [0.3, 0.4) is 0 Å². The maximum absolute atomic E-state index is 11.5. The second kappa shape index (κ2) is 3.96. The van der Waals surface area contributed by atoms with E-state index in [4.69, 9.17) is 4.74 Å². The minimum atomic E-state index is -0.333. The first-order valence-corrected chi connectivity index (χ1v) is 5.20. The molecule has 2 aromatic rings. The zero-order chi connectivity index (χ0) is 11.7. The molecule has 0 bridgehead atoms. The molecule has 0 saturated heterocycles. The van der Waals surface area contributed by atoms with Crippen LogP contribution >= 0.6 is 0 Å². The summed E-state index contributed by atoms with van der Waals surface area (Å²) in [4.78, 5) is 18.2. The number of nitrogens with one attached hydrogen (secondary N) is 1. The number of benzene rings is 1. The van der Waals surface area contributed by atoms with E-state index in [9.17, 15) is 4.79 Å². The molecule has 4 nitrogen and oxygen atoms in total.